The summed E-state index contributed by atoms with van der Waals surface area (Å²) in [6, 6.07) is 15.4. The van der Waals surface area contributed by atoms with Gasteiger partial charge < -0.3 is 20.5 Å². The number of benzene rings is 2. The molecular weight excluding hydrogens is 328 g/mol. The zero-order chi connectivity index (χ0) is 18.9. The fourth-order valence-electron chi connectivity index (χ4n) is 2.55. The Bertz CT molecular complexity index is 699. The molecule has 140 valence electrons. The summed E-state index contributed by atoms with van der Waals surface area (Å²) in [4.78, 5) is 12.0. The minimum atomic E-state index is -0.227. The Hall–Kier alpha value is -2.53. The first-order valence-electron chi connectivity index (χ1n) is 8.89. The average Bonchev–Trinajstić information content (AvgIpc) is 2.66. The first-order valence-corrected chi connectivity index (χ1v) is 8.89. The molecule has 5 nitrogen and oxygen atoms in total. The van der Waals surface area contributed by atoms with Crippen molar-refractivity contribution in [2.45, 2.75) is 32.2 Å². The van der Waals surface area contributed by atoms with Gasteiger partial charge in [-0.15, -0.1) is 0 Å². The highest BCUT2D eigenvalue weighted by molar-refractivity contribution is 5.76. The van der Waals surface area contributed by atoms with Gasteiger partial charge in [-0.25, -0.2) is 0 Å². The van der Waals surface area contributed by atoms with Gasteiger partial charge in [0.15, 0.2) is 11.5 Å². The molecule has 0 heterocycles. The molecule has 26 heavy (non-hydrogen) atoms. The molecule has 0 aromatic heterocycles. The summed E-state index contributed by atoms with van der Waals surface area (Å²) in [5, 5.41) is 2.86. The second-order valence-corrected chi connectivity index (χ2v) is 6.48. The number of hydrogen-bond acceptors (Lipinski definition) is 4. The zero-order valence-corrected chi connectivity index (χ0v) is 15.7. The van der Waals surface area contributed by atoms with Gasteiger partial charge in [0.25, 0.3) is 0 Å². The quantitative estimate of drug-likeness (QED) is 0.722. The molecule has 2 rings (SSSR count). The topological polar surface area (TPSA) is 73.6 Å². The molecule has 1 unspecified atom stereocenters. The second kappa shape index (κ2) is 9.82. The number of amides is 1. The number of carbonyl (C=O) groups excluding carboxylic acids is 1. The van der Waals surface area contributed by atoms with Gasteiger partial charge in [-0.1, -0.05) is 50.2 Å². The molecule has 0 aliphatic rings. The summed E-state index contributed by atoms with van der Waals surface area (Å²) in [7, 11) is 1.59. The molecule has 0 bridgehead atoms. The minimum absolute atomic E-state index is 0.0888. The van der Waals surface area contributed by atoms with Crippen LogP contribution in [0, 0.1) is 0 Å². The summed E-state index contributed by atoms with van der Waals surface area (Å²) < 4.78 is 10.8. The number of nitrogens with one attached hydrogen (secondary N) is 1. The third-order valence-electron chi connectivity index (χ3n) is 4.21. The molecule has 5 heteroatoms. The smallest absolute Gasteiger partial charge is 0.223 e. The number of methoxy groups -OCH3 is 1. The lowest BCUT2D eigenvalue weighted by Gasteiger charge is -2.15. The molecule has 0 aliphatic carbocycles. The predicted molar refractivity (Wildman–Crippen MR) is 104 cm³/mol. The third kappa shape index (κ3) is 5.77. The molecule has 1 amide bonds. The van der Waals surface area contributed by atoms with E-state index in [1.807, 2.05) is 36.4 Å². The van der Waals surface area contributed by atoms with E-state index in [4.69, 9.17) is 15.2 Å². The van der Waals surface area contributed by atoms with Gasteiger partial charge in [-0.3, -0.25) is 4.79 Å². The van der Waals surface area contributed by atoms with Crippen LogP contribution < -0.4 is 20.5 Å². The lowest BCUT2D eigenvalue weighted by molar-refractivity contribution is -0.121. The largest absolute Gasteiger partial charge is 0.493 e. The highest BCUT2D eigenvalue weighted by Crippen LogP contribution is 2.25. The van der Waals surface area contributed by atoms with Gasteiger partial charge in [-0.2, -0.15) is 0 Å². The molecule has 2 aromatic rings. The van der Waals surface area contributed by atoms with Crippen molar-refractivity contribution in [1.29, 1.82) is 0 Å². The predicted octanol–water partition coefficient (Wildman–Crippen LogP) is 3.40. The van der Waals surface area contributed by atoms with Crippen molar-refractivity contribution in [2.24, 2.45) is 5.73 Å². The van der Waals surface area contributed by atoms with Crippen LogP contribution in [0.1, 0.15) is 43.4 Å². The van der Waals surface area contributed by atoms with E-state index >= 15 is 0 Å². The number of para-hydroxylation sites is 2. The van der Waals surface area contributed by atoms with Crippen molar-refractivity contribution < 1.29 is 14.3 Å². The molecule has 0 spiro atoms. The Balaban J connectivity index is 1.74. The monoisotopic (exact) mass is 356 g/mol. The maximum Gasteiger partial charge on any atom is 0.223 e. The first-order chi connectivity index (χ1) is 12.5. The normalized spacial score (nSPS) is 11.9. The van der Waals surface area contributed by atoms with Crippen molar-refractivity contribution in [3.8, 4) is 11.5 Å². The van der Waals surface area contributed by atoms with Gasteiger partial charge in [0.2, 0.25) is 5.91 Å². The van der Waals surface area contributed by atoms with E-state index in [2.05, 4.69) is 31.3 Å². The lowest BCUT2D eigenvalue weighted by Crippen LogP contribution is -2.32. The lowest BCUT2D eigenvalue weighted by atomic mass is 9.99. The number of nitrogens with two attached hydrogens (primary N) is 1. The van der Waals surface area contributed by atoms with Crippen LogP contribution in [0.5, 0.6) is 11.5 Å². The Morgan fingerprint density at radius 1 is 1.04 bits per heavy atom. The van der Waals surface area contributed by atoms with Gasteiger partial charge >= 0.3 is 0 Å². The van der Waals surface area contributed by atoms with E-state index in [-0.39, 0.29) is 25.0 Å². The Morgan fingerprint density at radius 2 is 1.65 bits per heavy atom. The molecule has 0 saturated heterocycles. The molecule has 0 aliphatic heterocycles. The number of rotatable bonds is 9. The van der Waals surface area contributed by atoms with Crippen molar-refractivity contribution in [2.75, 3.05) is 20.3 Å². The van der Waals surface area contributed by atoms with Crippen molar-refractivity contribution in [3.63, 3.8) is 0 Å². The first kappa shape index (κ1) is 19.8. The second-order valence-electron chi connectivity index (χ2n) is 6.48. The molecule has 0 saturated carbocycles. The van der Waals surface area contributed by atoms with Crippen LogP contribution in [0.15, 0.2) is 48.5 Å². The highest BCUT2D eigenvalue weighted by atomic mass is 16.5. The zero-order valence-electron chi connectivity index (χ0n) is 15.7. The van der Waals surface area contributed by atoms with Crippen LogP contribution in [0.2, 0.25) is 0 Å². The maximum atomic E-state index is 12.0. The molecular formula is C21H28N2O3. The summed E-state index contributed by atoms with van der Waals surface area (Å²) in [5.41, 5.74) is 8.45. The Kier molecular flexibility index (Phi) is 7.48. The van der Waals surface area contributed by atoms with Crippen LogP contribution >= 0.6 is 0 Å². The SMILES string of the molecule is COc1ccccc1OCCC(=O)NCC(N)c1ccc(C(C)C)cc1. The van der Waals surface area contributed by atoms with Crippen LogP contribution in [-0.2, 0) is 4.79 Å². The van der Waals surface area contributed by atoms with Gasteiger partial charge in [0.1, 0.15) is 0 Å². The summed E-state index contributed by atoms with van der Waals surface area (Å²) in [5.74, 6) is 1.68. The number of carbonyl (C=O) groups is 1. The van der Waals surface area contributed by atoms with Crippen LogP contribution in [0.4, 0.5) is 0 Å². The Morgan fingerprint density at radius 3 is 2.27 bits per heavy atom. The maximum absolute atomic E-state index is 12.0. The van der Waals surface area contributed by atoms with E-state index in [0.717, 1.165) is 5.56 Å². The van der Waals surface area contributed by atoms with E-state index < -0.39 is 0 Å². The molecule has 1 atom stereocenters. The molecule has 0 radical (unpaired) electrons. The highest BCUT2D eigenvalue weighted by Gasteiger charge is 2.10. The van der Waals surface area contributed by atoms with Crippen LogP contribution in [0.3, 0.4) is 0 Å². The standard InChI is InChI=1S/C21H28N2O3/c1-15(2)16-8-10-17(11-9-16)18(22)14-23-21(24)12-13-26-20-7-5-4-6-19(20)25-3/h4-11,15,18H,12-14,22H2,1-3H3,(H,23,24). The minimum Gasteiger partial charge on any atom is -0.493 e. The third-order valence-corrected chi connectivity index (χ3v) is 4.21. The molecule has 2 aromatic carbocycles. The van der Waals surface area contributed by atoms with Gasteiger partial charge in [-0.05, 0) is 29.2 Å². The van der Waals surface area contributed by atoms with E-state index in [1.165, 1.54) is 5.56 Å². The molecule has 3 N–H and O–H groups in total. The summed E-state index contributed by atoms with van der Waals surface area (Å²) in [6.07, 6.45) is 0.261. The Labute approximate surface area is 155 Å². The average molecular weight is 356 g/mol. The van der Waals surface area contributed by atoms with Crippen molar-refractivity contribution in [3.05, 3.63) is 59.7 Å². The fourth-order valence-corrected chi connectivity index (χ4v) is 2.55. The van der Waals surface area contributed by atoms with Crippen LogP contribution in [-0.4, -0.2) is 26.2 Å². The van der Waals surface area contributed by atoms with Crippen LogP contribution in [0.25, 0.3) is 0 Å². The number of ether oxygens (including phenoxy) is 2. The number of hydrogen-bond donors (Lipinski definition) is 2. The summed E-state index contributed by atoms with van der Waals surface area (Å²) >= 11 is 0. The van der Waals surface area contributed by atoms with Crippen molar-refractivity contribution >= 4 is 5.91 Å². The van der Waals surface area contributed by atoms with Gasteiger partial charge in [0, 0.05) is 12.6 Å². The van der Waals surface area contributed by atoms with Gasteiger partial charge in [0.05, 0.1) is 20.1 Å². The fraction of sp³-hybridized carbons (Fsp3) is 0.381. The van der Waals surface area contributed by atoms with E-state index in [1.54, 1.807) is 7.11 Å². The van der Waals surface area contributed by atoms with E-state index in [9.17, 15) is 4.79 Å². The molecule has 0 fully saturated rings. The van der Waals surface area contributed by atoms with Crippen molar-refractivity contribution in [1.82, 2.24) is 5.32 Å². The summed E-state index contributed by atoms with van der Waals surface area (Å²) in [6.45, 7) is 4.99. The van der Waals surface area contributed by atoms with E-state index in [0.29, 0.717) is 24.0 Å².